The van der Waals surface area contributed by atoms with Crippen molar-refractivity contribution in [3.8, 4) is 0 Å². The lowest BCUT2D eigenvalue weighted by atomic mass is 10.7. The van der Waals surface area contributed by atoms with Gasteiger partial charge in [0.1, 0.15) is 6.16 Å². The summed E-state index contributed by atoms with van der Waals surface area (Å²) in [6.07, 6.45) is 3.22. The zero-order valence-electron chi connectivity index (χ0n) is 11.5. The van der Waals surface area contributed by atoms with Crippen LogP contribution in [0.1, 0.15) is 27.7 Å². The van der Waals surface area contributed by atoms with Crippen molar-refractivity contribution in [3.63, 3.8) is 0 Å². The molecule has 0 spiro atoms. The molecule has 0 fully saturated rings. The second kappa shape index (κ2) is 9.58. The molecule has 0 bridgehead atoms. The van der Waals surface area contributed by atoms with E-state index in [9.17, 15) is 0 Å². The number of allylic oxidation sites excluding steroid dienone is 1. The fourth-order valence-electron chi connectivity index (χ4n) is 2.32. The minimum Gasteiger partial charge on any atom is -1.00 e. The zero-order valence-corrected chi connectivity index (χ0v) is 14.0. The first-order valence-corrected chi connectivity index (χ1v) is 8.40. The van der Waals surface area contributed by atoms with Gasteiger partial charge in [-0.25, -0.2) is 0 Å². The molecule has 0 aromatic carbocycles. The van der Waals surface area contributed by atoms with Gasteiger partial charge in [0.15, 0.2) is 7.56 Å². The van der Waals surface area contributed by atoms with Gasteiger partial charge in [-0.05, 0) is 27.7 Å². The standard InChI is InChI=1S/C12H28N2P.BrH/c1-7-12-15(6,13(8-2)9-3)14(10-4)11-5;/h7H,1,8-12H2,2-6H3;1H/q+1;/p-1. The van der Waals surface area contributed by atoms with Crippen LogP contribution in [0.3, 0.4) is 0 Å². The normalized spacial score (nSPS) is 11.7. The summed E-state index contributed by atoms with van der Waals surface area (Å²) < 4.78 is 5.25. The van der Waals surface area contributed by atoms with Crippen LogP contribution in [-0.4, -0.2) is 48.3 Å². The average Bonchev–Trinajstić information content (AvgIpc) is 2.21. The van der Waals surface area contributed by atoms with Crippen LogP contribution < -0.4 is 17.0 Å². The third kappa shape index (κ3) is 4.44. The molecule has 16 heavy (non-hydrogen) atoms. The van der Waals surface area contributed by atoms with Crippen LogP contribution in [0.25, 0.3) is 0 Å². The van der Waals surface area contributed by atoms with Gasteiger partial charge in [-0.3, -0.25) is 0 Å². The number of rotatable bonds is 8. The Kier molecular flexibility index (Phi) is 11.3. The zero-order chi connectivity index (χ0) is 11.9. The molecule has 0 amide bonds. The Morgan fingerprint density at radius 2 is 1.25 bits per heavy atom. The SMILES string of the molecule is C=CC[P+](C)(N(CC)CC)N(CC)CC.[Br-]. The quantitative estimate of drug-likeness (QED) is 0.471. The van der Waals surface area contributed by atoms with E-state index in [4.69, 9.17) is 0 Å². The molecule has 0 rings (SSSR count). The summed E-state index contributed by atoms with van der Waals surface area (Å²) in [5, 5.41) is 0. The Labute approximate surface area is 113 Å². The summed E-state index contributed by atoms with van der Waals surface area (Å²) in [6, 6.07) is 0. The predicted molar refractivity (Wildman–Crippen MR) is 73.8 cm³/mol. The number of nitrogens with zero attached hydrogens (tertiary/aromatic N) is 2. The topological polar surface area (TPSA) is 6.48 Å². The minimum atomic E-state index is -1.14. The molecule has 0 aliphatic carbocycles. The van der Waals surface area contributed by atoms with Crippen molar-refractivity contribution in [2.24, 2.45) is 0 Å². The van der Waals surface area contributed by atoms with Gasteiger partial charge in [-0.1, -0.05) is 12.7 Å². The van der Waals surface area contributed by atoms with Crippen LogP contribution >= 0.6 is 7.56 Å². The molecule has 0 aromatic heterocycles. The van der Waals surface area contributed by atoms with Crippen LogP contribution in [0, 0.1) is 0 Å². The largest absolute Gasteiger partial charge is 1.00 e. The molecule has 0 unspecified atom stereocenters. The van der Waals surface area contributed by atoms with Crippen molar-refractivity contribution >= 4 is 7.56 Å². The molecule has 0 aromatic rings. The lowest BCUT2D eigenvalue weighted by Gasteiger charge is -2.39. The Morgan fingerprint density at radius 1 is 0.938 bits per heavy atom. The summed E-state index contributed by atoms with van der Waals surface area (Å²) in [5.74, 6) is 0. The maximum atomic E-state index is 3.92. The molecule has 0 atom stereocenters. The van der Waals surface area contributed by atoms with Crippen LogP contribution in [0.2, 0.25) is 0 Å². The van der Waals surface area contributed by atoms with Crippen molar-refractivity contribution < 1.29 is 17.0 Å². The van der Waals surface area contributed by atoms with Gasteiger partial charge < -0.3 is 17.0 Å². The maximum Gasteiger partial charge on any atom is 0.153 e. The number of halogens is 1. The van der Waals surface area contributed by atoms with Crippen molar-refractivity contribution in [1.29, 1.82) is 0 Å². The van der Waals surface area contributed by atoms with E-state index in [0.29, 0.717) is 0 Å². The van der Waals surface area contributed by atoms with E-state index in [1.165, 1.54) is 0 Å². The van der Waals surface area contributed by atoms with E-state index in [1.807, 2.05) is 0 Å². The van der Waals surface area contributed by atoms with Gasteiger partial charge in [0.05, 0.1) is 6.66 Å². The summed E-state index contributed by atoms with van der Waals surface area (Å²) in [4.78, 5) is 0. The van der Waals surface area contributed by atoms with Gasteiger partial charge in [-0.15, -0.1) is 0 Å². The predicted octanol–water partition coefficient (Wildman–Crippen LogP) is 0.337. The summed E-state index contributed by atoms with van der Waals surface area (Å²) in [7, 11) is -1.14. The van der Waals surface area contributed by atoms with Gasteiger partial charge >= 0.3 is 0 Å². The summed E-state index contributed by atoms with van der Waals surface area (Å²) >= 11 is 0. The lowest BCUT2D eigenvalue weighted by molar-refractivity contribution is -0.00000386. The van der Waals surface area contributed by atoms with E-state index in [2.05, 4.69) is 56.4 Å². The van der Waals surface area contributed by atoms with Crippen molar-refractivity contribution in [2.75, 3.05) is 39.0 Å². The van der Waals surface area contributed by atoms with E-state index >= 15 is 0 Å². The van der Waals surface area contributed by atoms with Crippen LogP contribution in [0.5, 0.6) is 0 Å². The Morgan fingerprint density at radius 3 is 1.44 bits per heavy atom. The van der Waals surface area contributed by atoms with E-state index in [1.54, 1.807) is 0 Å². The summed E-state index contributed by atoms with van der Waals surface area (Å²) in [5.41, 5.74) is 0. The van der Waals surface area contributed by atoms with E-state index < -0.39 is 7.56 Å². The van der Waals surface area contributed by atoms with Crippen LogP contribution in [-0.2, 0) is 0 Å². The fraction of sp³-hybridized carbons (Fsp3) is 0.833. The lowest BCUT2D eigenvalue weighted by Crippen LogP contribution is -3.00. The molecule has 98 valence electrons. The van der Waals surface area contributed by atoms with Gasteiger partial charge in [0, 0.05) is 26.2 Å². The van der Waals surface area contributed by atoms with Crippen molar-refractivity contribution in [2.45, 2.75) is 27.7 Å². The highest BCUT2D eigenvalue weighted by atomic mass is 79.9. The average molecular weight is 311 g/mol. The van der Waals surface area contributed by atoms with Crippen LogP contribution in [0.4, 0.5) is 0 Å². The molecule has 0 N–H and O–H groups in total. The highest BCUT2D eigenvalue weighted by Gasteiger charge is 2.41. The van der Waals surface area contributed by atoms with E-state index in [0.717, 1.165) is 32.3 Å². The highest BCUT2D eigenvalue weighted by molar-refractivity contribution is 7.70. The molecule has 0 heterocycles. The Balaban J connectivity index is 0. The molecule has 0 aliphatic heterocycles. The second-order valence-corrected chi connectivity index (χ2v) is 7.51. The summed E-state index contributed by atoms with van der Waals surface area (Å²) in [6.45, 7) is 20.0. The number of hydrogen-bond acceptors (Lipinski definition) is 2. The van der Waals surface area contributed by atoms with Crippen molar-refractivity contribution in [3.05, 3.63) is 12.7 Å². The van der Waals surface area contributed by atoms with Gasteiger partial charge in [0.2, 0.25) is 0 Å². The molecular formula is C12H28BrN2P. The van der Waals surface area contributed by atoms with Gasteiger partial charge in [0.25, 0.3) is 0 Å². The maximum absolute atomic E-state index is 3.92. The third-order valence-electron chi connectivity index (χ3n) is 3.15. The third-order valence-corrected chi connectivity index (χ3v) is 7.67. The first kappa shape index (κ1) is 18.9. The molecule has 0 saturated carbocycles. The smallest absolute Gasteiger partial charge is 0.153 e. The first-order chi connectivity index (χ1) is 7.10. The minimum absolute atomic E-state index is 0. The molecule has 0 saturated heterocycles. The van der Waals surface area contributed by atoms with Crippen molar-refractivity contribution in [1.82, 2.24) is 9.34 Å². The molecular weight excluding hydrogens is 283 g/mol. The monoisotopic (exact) mass is 310 g/mol. The number of hydrogen-bond donors (Lipinski definition) is 0. The first-order valence-electron chi connectivity index (χ1n) is 6.07. The van der Waals surface area contributed by atoms with Gasteiger partial charge in [-0.2, -0.15) is 9.34 Å². The van der Waals surface area contributed by atoms with Crippen LogP contribution in [0.15, 0.2) is 12.7 Å². The Bertz CT molecular complexity index is 168. The second-order valence-electron chi connectivity index (χ2n) is 3.84. The molecule has 0 aliphatic rings. The Hall–Kier alpha value is 0.570. The highest BCUT2D eigenvalue weighted by Crippen LogP contribution is 2.61. The molecule has 4 heteroatoms. The molecule has 0 radical (unpaired) electrons. The van der Waals surface area contributed by atoms with E-state index in [-0.39, 0.29) is 17.0 Å². The molecule has 2 nitrogen and oxygen atoms in total. The fourth-order valence-corrected chi connectivity index (χ4v) is 6.07.